The number of aliphatic hydroxyl groups excluding tert-OH is 4. The van der Waals surface area contributed by atoms with E-state index >= 15 is 0 Å². The molecule has 49 heavy (non-hydrogen) atoms. The van der Waals surface area contributed by atoms with Crippen molar-refractivity contribution in [2.75, 3.05) is 6.61 Å². The Hall–Kier alpha value is -1.99. The van der Waals surface area contributed by atoms with E-state index < -0.39 is 36.9 Å². The molecule has 0 radical (unpaired) electrons. The van der Waals surface area contributed by atoms with Crippen molar-refractivity contribution in [3.63, 3.8) is 0 Å². The monoisotopic (exact) mass is 688 g/mol. The largest absolute Gasteiger partial charge is 0.394 e. The first-order valence-electron chi connectivity index (χ1n) is 20.2. The number of hydrogen-bond donors (Lipinski definition) is 5. The van der Waals surface area contributed by atoms with Crippen LogP contribution in [0, 0.1) is 0 Å². The number of allylic oxidation sites excluding steroid dienone is 10. The maximum Gasteiger partial charge on any atom is 0.249 e. The average Bonchev–Trinajstić information content (AvgIpc) is 3.11. The van der Waals surface area contributed by atoms with E-state index in [0.717, 1.165) is 57.8 Å². The van der Waals surface area contributed by atoms with E-state index in [-0.39, 0.29) is 0 Å². The minimum absolute atomic E-state index is 0.350. The zero-order valence-electron chi connectivity index (χ0n) is 31.7. The Labute approximate surface area is 302 Å². The van der Waals surface area contributed by atoms with Crippen LogP contribution >= 0.6 is 0 Å². The summed E-state index contributed by atoms with van der Waals surface area (Å²) in [5.74, 6) is -0.608. The molecule has 0 saturated heterocycles. The lowest BCUT2D eigenvalue weighted by molar-refractivity contribution is -0.132. The Balaban J connectivity index is 3.88. The van der Waals surface area contributed by atoms with Crippen molar-refractivity contribution >= 4 is 5.91 Å². The predicted molar refractivity (Wildman–Crippen MR) is 210 cm³/mol. The molecule has 0 saturated carbocycles. The van der Waals surface area contributed by atoms with Gasteiger partial charge in [0.05, 0.1) is 18.8 Å². The van der Waals surface area contributed by atoms with Gasteiger partial charge in [0.1, 0.15) is 12.2 Å². The molecule has 4 unspecified atom stereocenters. The van der Waals surface area contributed by atoms with Gasteiger partial charge < -0.3 is 25.7 Å². The van der Waals surface area contributed by atoms with E-state index in [1.165, 1.54) is 83.5 Å². The zero-order valence-corrected chi connectivity index (χ0v) is 31.7. The van der Waals surface area contributed by atoms with E-state index in [2.05, 4.69) is 79.9 Å². The molecule has 0 aromatic heterocycles. The van der Waals surface area contributed by atoms with Gasteiger partial charge >= 0.3 is 0 Å². The molecule has 0 fully saturated rings. The van der Waals surface area contributed by atoms with Crippen LogP contribution in [0.4, 0.5) is 0 Å². The highest BCUT2D eigenvalue weighted by Gasteiger charge is 2.28. The molecule has 0 aliphatic rings. The third-order valence-corrected chi connectivity index (χ3v) is 8.93. The van der Waals surface area contributed by atoms with Crippen LogP contribution in [0.25, 0.3) is 0 Å². The number of rotatable bonds is 35. The summed E-state index contributed by atoms with van der Waals surface area (Å²) in [5.41, 5.74) is 0. The second-order valence-corrected chi connectivity index (χ2v) is 13.6. The molecule has 0 bridgehead atoms. The van der Waals surface area contributed by atoms with Gasteiger partial charge in [-0.05, 0) is 83.5 Å². The van der Waals surface area contributed by atoms with Crippen LogP contribution < -0.4 is 5.32 Å². The molecule has 0 aliphatic carbocycles. The number of amides is 1. The molecule has 0 aromatic carbocycles. The molecule has 284 valence electrons. The minimum atomic E-state index is -1.30. The zero-order chi connectivity index (χ0) is 36.0. The molecular weight excluding hydrogens is 610 g/mol. The van der Waals surface area contributed by atoms with Crippen molar-refractivity contribution in [2.24, 2.45) is 0 Å². The van der Waals surface area contributed by atoms with Crippen molar-refractivity contribution < 1.29 is 25.2 Å². The van der Waals surface area contributed by atoms with Crippen molar-refractivity contribution in [1.29, 1.82) is 0 Å². The first-order chi connectivity index (χ1) is 24.0. The van der Waals surface area contributed by atoms with Gasteiger partial charge in [-0.25, -0.2) is 0 Å². The number of carbonyl (C=O) groups is 1. The van der Waals surface area contributed by atoms with Gasteiger partial charge in [0.15, 0.2) is 0 Å². The minimum Gasteiger partial charge on any atom is -0.394 e. The van der Waals surface area contributed by atoms with Crippen LogP contribution in [0.2, 0.25) is 0 Å². The number of carbonyl (C=O) groups excluding carboxylic acids is 1. The molecule has 1 amide bonds. The van der Waals surface area contributed by atoms with Crippen LogP contribution in [-0.4, -0.2) is 57.3 Å². The van der Waals surface area contributed by atoms with Gasteiger partial charge in [0, 0.05) is 0 Å². The van der Waals surface area contributed by atoms with E-state index in [0.29, 0.717) is 19.3 Å². The van der Waals surface area contributed by atoms with Crippen molar-refractivity contribution in [3.05, 3.63) is 60.8 Å². The highest BCUT2D eigenvalue weighted by atomic mass is 16.3. The maximum atomic E-state index is 12.5. The number of hydrogen-bond acceptors (Lipinski definition) is 5. The first kappa shape index (κ1) is 47.0. The van der Waals surface area contributed by atoms with Crippen molar-refractivity contribution in [2.45, 2.75) is 199 Å². The molecule has 0 rings (SSSR count). The standard InChI is InChI=1S/C43H77NO5/c1-3-5-7-9-11-13-15-17-19-20-21-23-25-27-29-31-33-35-37-41(47)43(49)44-39(38-45)42(48)40(46)36-34-32-30-28-26-24-22-18-16-14-12-10-8-6-4-2/h10-13,15,17-18,22,28,30,39-42,45-48H,3-9,14,16,19-21,23-27,29,31-38H2,1-2H3,(H,44,49)/b12-10+,13-11-,17-15-,22-18+,30-28+. The summed E-state index contributed by atoms with van der Waals surface area (Å²) in [6.07, 6.45) is 45.2. The van der Waals surface area contributed by atoms with Gasteiger partial charge in [-0.1, -0.05) is 152 Å². The SMILES string of the molecule is CCCC/C=C/CC/C=C/CC/C=C/CCCC(O)C(O)C(CO)NC(=O)C(O)CCCCCCCCCCC/C=C\C=C/CCCCC. The summed E-state index contributed by atoms with van der Waals surface area (Å²) < 4.78 is 0. The summed E-state index contributed by atoms with van der Waals surface area (Å²) in [6, 6.07) is -1.01. The molecule has 5 N–H and O–H groups in total. The van der Waals surface area contributed by atoms with Crippen LogP contribution in [0.5, 0.6) is 0 Å². The number of nitrogens with one attached hydrogen (secondary N) is 1. The fourth-order valence-corrected chi connectivity index (χ4v) is 5.65. The Morgan fingerprint density at radius 1 is 0.510 bits per heavy atom. The summed E-state index contributed by atoms with van der Waals surface area (Å²) in [7, 11) is 0. The normalized spacial score (nSPS) is 15.0. The Morgan fingerprint density at radius 3 is 1.45 bits per heavy atom. The number of unbranched alkanes of at least 4 members (excludes halogenated alkanes) is 17. The predicted octanol–water partition coefficient (Wildman–Crippen LogP) is 10.1. The molecule has 0 spiro atoms. The molecule has 0 aliphatic heterocycles. The van der Waals surface area contributed by atoms with Gasteiger partial charge in [0.25, 0.3) is 0 Å². The van der Waals surface area contributed by atoms with Gasteiger partial charge in [-0.2, -0.15) is 0 Å². The summed E-state index contributed by atoms with van der Waals surface area (Å²) in [5, 5.41) is 43.5. The first-order valence-corrected chi connectivity index (χ1v) is 20.2. The average molecular weight is 688 g/mol. The van der Waals surface area contributed by atoms with Crippen LogP contribution in [0.15, 0.2) is 60.8 Å². The molecule has 6 nitrogen and oxygen atoms in total. The highest BCUT2D eigenvalue weighted by molar-refractivity contribution is 5.80. The van der Waals surface area contributed by atoms with Crippen molar-refractivity contribution in [1.82, 2.24) is 5.32 Å². The summed E-state index contributed by atoms with van der Waals surface area (Å²) in [4.78, 5) is 12.5. The molecule has 0 heterocycles. The van der Waals surface area contributed by atoms with E-state index in [1.807, 2.05) is 0 Å². The highest BCUT2D eigenvalue weighted by Crippen LogP contribution is 2.14. The molecule has 6 heteroatoms. The van der Waals surface area contributed by atoms with Crippen molar-refractivity contribution in [3.8, 4) is 0 Å². The fraction of sp³-hybridized carbons (Fsp3) is 0.744. The lowest BCUT2D eigenvalue weighted by Crippen LogP contribution is -2.53. The second-order valence-electron chi connectivity index (χ2n) is 13.6. The second kappa shape index (κ2) is 37.3. The molecule has 0 aromatic rings. The molecule has 4 atom stereocenters. The Morgan fingerprint density at radius 2 is 0.939 bits per heavy atom. The van der Waals surface area contributed by atoms with E-state index in [9.17, 15) is 25.2 Å². The fourth-order valence-electron chi connectivity index (χ4n) is 5.65. The lowest BCUT2D eigenvalue weighted by Gasteiger charge is -2.27. The quantitative estimate of drug-likeness (QED) is 0.0259. The van der Waals surface area contributed by atoms with Crippen LogP contribution in [0.1, 0.15) is 174 Å². The maximum absolute atomic E-state index is 12.5. The molecular formula is C43H77NO5. The van der Waals surface area contributed by atoms with Gasteiger partial charge in [-0.3, -0.25) is 4.79 Å². The third-order valence-electron chi connectivity index (χ3n) is 8.93. The Bertz CT molecular complexity index is 864. The topological polar surface area (TPSA) is 110 Å². The summed E-state index contributed by atoms with van der Waals surface area (Å²) >= 11 is 0. The number of aliphatic hydroxyl groups is 4. The van der Waals surface area contributed by atoms with Gasteiger partial charge in [0.2, 0.25) is 5.91 Å². The Kier molecular flexibility index (Phi) is 35.8. The van der Waals surface area contributed by atoms with Crippen LogP contribution in [0.3, 0.4) is 0 Å². The lowest BCUT2D eigenvalue weighted by atomic mass is 10.00. The summed E-state index contributed by atoms with van der Waals surface area (Å²) in [6.45, 7) is 3.94. The van der Waals surface area contributed by atoms with Crippen LogP contribution in [-0.2, 0) is 4.79 Å². The van der Waals surface area contributed by atoms with E-state index in [4.69, 9.17) is 0 Å². The third kappa shape index (κ3) is 31.7. The van der Waals surface area contributed by atoms with E-state index in [1.54, 1.807) is 0 Å². The smallest absolute Gasteiger partial charge is 0.249 e. The van der Waals surface area contributed by atoms with Gasteiger partial charge in [-0.15, -0.1) is 0 Å².